The van der Waals surface area contributed by atoms with Crippen molar-refractivity contribution in [3.8, 4) is 5.75 Å². The van der Waals surface area contributed by atoms with Crippen LogP contribution in [-0.4, -0.2) is 4.98 Å². The number of benzene rings is 2. The minimum absolute atomic E-state index is 0.482. The third-order valence-electron chi connectivity index (χ3n) is 3.04. The molecule has 0 saturated heterocycles. The number of aromatic nitrogens is 1. The summed E-state index contributed by atoms with van der Waals surface area (Å²) in [4.78, 5) is 4.32. The Labute approximate surface area is 125 Å². The fourth-order valence-corrected chi connectivity index (χ4v) is 2.23. The third-order valence-corrected chi connectivity index (χ3v) is 3.77. The summed E-state index contributed by atoms with van der Waals surface area (Å²) in [5, 5.41) is 1.10. The Morgan fingerprint density at radius 1 is 1.10 bits per heavy atom. The van der Waals surface area contributed by atoms with Gasteiger partial charge in [0.25, 0.3) is 0 Å². The summed E-state index contributed by atoms with van der Waals surface area (Å²) in [7, 11) is 0. The van der Waals surface area contributed by atoms with E-state index >= 15 is 0 Å². The number of anilines is 1. The Morgan fingerprint density at radius 3 is 2.85 bits per heavy atom. The van der Waals surface area contributed by atoms with Crippen LogP contribution in [0.3, 0.4) is 0 Å². The molecule has 1 aromatic heterocycles. The van der Waals surface area contributed by atoms with Crippen molar-refractivity contribution in [2.45, 2.75) is 6.61 Å². The van der Waals surface area contributed by atoms with Gasteiger partial charge in [-0.2, -0.15) is 0 Å². The van der Waals surface area contributed by atoms with E-state index in [1.54, 1.807) is 6.20 Å². The summed E-state index contributed by atoms with van der Waals surface area (Å²) in [5.74, 6) is 0.803. The van der Waals surface area contributed by atoms with Crippen LogP contribution in [0.5, 0.6) is 5.75 Å². The quantitative estimate of drug-likeness (QED) is 0.734. The number of nitrogens with two attached hydrogens (primary N) is 1. The van der Waals surface area contributed by atoms with Crippen molar-refractivity contribution in [1.82, 2.24) is 4.98 Å². The van der Waals surface area contributed by atoms with Crippen molar-refractivity contribution in [3.05, 3.63) is 64.8 Å². The number of halogens is 1. The summed E-state index contributed by atoms with van der Waals surface area (Å²) in [5.41, 5.74) is 8.53. The van der Waals surface area contributed by atoms with Gasteiger partial charge >= 0.3 is 0 Å². The largest absolute Gasteiger partial charge is 0.489 e. The van der Waals surface area contributed by atoms with Crippen molar-refractivity contribution in [2.24, 2.45) is 0 Å². The van der Waals surface area contributed by atoms with Gasteiger partial charge in [-0.1, -0.05) is 12.1 Å². The first-order valence-electron chi connectivity index (χ1n) is 6.24. The van der Waals surface area contributed by atoms with Gasteiger partial charge < -0.3 is 10.5 Å². The molecule has 0 spiro atoms. The second kappa shape index (κ2) is 5.51. The normalized spacial score (nSPS) is 10.7. The number of pyridine rings is 1. The van der Waals surface area contributed by atoms with Crippen molar-refractivity contribution < 1.29 is 4.74 Å². The van der Waals surface area contributed by atoms with Crippen LogP contribution >= 0.6 is 15.9 Å². The van der Waals surface area contributed by atoms with E-state index < -0.39 is 0 Å². The molecule has 3 aromatic rings. The smallest absolute Gasteiger partial charge is 0.122 e. The zero-order chi connectivity index (χ0) is 13.9. The van der Waals surface area contributed by atoms with E-state index in [1.165, 1.54) is 0 Å². The molecule has 0 saturated carbocycles. The first kappa shape index (κ1) is 12.9. The summed E-state index contributed by atoms with van der Waals surface area (Å²) in [6, 6.07) is 15.7. The number of hydrogen-bond donors (Lipinski definition) is 1. The zero-order valence-corrected chi connectivity index (χ0v) is 12.3. The predicted molar refractivity (Wildman–Crippen MR) is 84.6 cm³/mol. The number of nitrogen functional groups attached to an aromatic ring is 1. The highest BCUT2D eigenvalue weighted by molar-refractivity contribution is 9.10. The van der Waals surface area contributed by atoms with Gasteiger partial charge in [-0.15, -0.1) is 0 Å². The molecule has 0 radical (unpaired) electrons. The number of rotatable bonds is 3. The standard InChI is InChI=1S/C16H13BrN2O/c17-14-6-3-11(8-15(14)18)10-20-13-5-4-12-2-1-7-19-16(12)9-13/h1-9H,10,18H2. The average molecular weight is 329 g/mol. The molecule has 100 valence electrons. The molecule has 4 heteroatoms. The lowest BCUT2D eigenvalue weighted by Gasteiger charge is -2.08. The zero-order valence-electron chi connectivity index (χ0n) is 10.7. The Balaban J connectivity index is 1.77. The highest BCUT2D eigenvalue weighted by Crippen LogP contribution is 2.23. The molecule has 0 unspecified atom stereocenters. The van der Waals surface area contributed by atoms with Crippen LogP contribution in [0.15, 0.2) is 59.2 Å². The lowest BCUT2D eigenvalue weighted by atomic mass is 10.2. The maximum absolute atomic E-state index is 5.85. The molecule has 2 aromatic carbocycles. The lowest BCUT2D eigenvalue weighted by molar-refractivity contribution is 0.306. The lowest BCUT2D eigenvalue weighted by Crippen LogP contribution is -1.97. The number of nitrogens with zero attached hydrogens (tertiary/aromatic N) is 1. The highest BCUT2D eigenvalue weighted by Gasteiger charge is 2.01. The van der Waals surface area contributed by atoms with Crippen LogP contribution < -0.4 is 10.5 Å². The molecule has 3 rings (SSSR count). The first-order chi connectivity index (χ1) is 9.72. The molecular weight excluding hydrogens is 316 g/mol. The van der Waals surface area contributed by atoms with Gasteiger partial charge in [0.2, 0.25) is 0 Å². The van der Waals surface area contributed by atoms with Gasteiger partial charge in [0.05, 0.1) is 5.52 Å². The topological polar surface area (TPSA) is 48.1 Å². The molecule has 0 fully saturated rings. The predicted octanol–water partition coefficient (Wildman–Crippen LogP) is 4.16. The monoisotopic (exact) mass is 328 g/mol. The molecule has 1 heterocycles. The average Bonchev–Trinajstić information content (AvgIpc) is 2.48. The van der Waals surface area contributed by atoms with Crippen molar-refractivity contribution >= 4 is 32.5 Å². The van der Waals surface area contributed by atoms with Crippen molar-refractivity contribution in [2.75, 3.05) is 5.73 Å². The molecule has 2 N–H and O–H groups in total. The van der Waals surface area contributed by atoms with Crippen molar-refractivity contribution in [1.29, 1.82) is 0 Å². The van der Waals surface area contributed by atoms with Crippen molar-refractivity contribution in [3.63, 3.8) is 0 Å². The Hall–Kier alpha value is -2.07. The second-order valence-corrected chi connectivity index (χ2v) is 5.36. The van der Waals surface area contributed by atoms with Gasteiger partial charge in [0, 0.05) is 27.8 Å². The van der Waals surface area contributed by atoms with Crippen LogP contribution in [-0.2, 0) is 6.61 Å². The van der Waals surface area contributed by atoms with Crippen LogP contribution in [0.2, 0.25) is 0 Å². The summed E-state index contributed by atoms with van der Waals surface area (Å²) in [6.07, 6.45) is 1.78. The number of hydrogen-bond acceptors (Lipinski definition) is 3. The molecule has 0 aliphatic carbocycles. The molecule has 0 aliphatic heterocycles. The third kappa shape index (κ3) is 2.75. The fraction of sp³-hybridized carbons (Fsp3) is 0.0625. The second-order valence-electron chi connectivity index (χ2n) is 4.50. The molecular formula is C16H13BrN2O. The first-order valence-corrected chi connectivity index (χ1v) is 7.03. The summed E-state index contributed by atoms with van der Waals surface area (Å²) >= 11 is 3.38. The molecule has 0 atom stereocenters. The van der Waals surface area contributed by atoms with Gasteiger partial charge in [-0.05, 0) is 51.8 Å². The van der Waals surface area contributed by atoms with Crippen LogP contribution in [0.4, 0.5) is 5.69 Å². The van der Waals surface area contributed by atoms with E-state index in [0.29, 0.717) is 12.3 Å². The maximum Gasteiger partial charge on any atom is 0.122 e. The molecule has 20 heavy (non-hydrogen) atoms. The van der Waals surface area contributed by atoms with E-state index in [9.17, 15) is 0 Å². The summed E-state index contributed by atoms with van der Waals surface area (Å²) < 4.78 is 6.68. The molecule has 0 bridgehead atoms. The van der Waals surface area contributed by atoms with Gasteiger partial charge in [0.15, 0.2) is 0 Å². The molecule has 3 nitrogen and oxygen atoms in total. The minimum atomic E-state index is 0.482. The van der Waals surface area contributed by atoms with Crippen LogP contribution in [0.25, 0.3) is 10.9 Å². The van der Waals surface area contributed by atoms with E-state index in [-0.39, 0.29) is 0 Å². The van der Waals surface area contributed by atoms with Crippen LogP contribution in [0, 0.1) is 0 Å². The van der Waals surface area contributed by atoms with Gasteiger partial charge in [-0.25, -0.2) is 0 Å². The van der Waals surface area contributed by atoms with E-state index in [4.69, 9.17) is 10.5 Å². The van der Waals surface area contributed by atoms with E-state index in [2.05, 4.69) is 20.9 Å². The molecule has 0 aliphatic rings. The van der Waals surface area contributed by atoms with E-state index in [1.807, 2.05) is 48.5 Å². The SMILES string of the molecule is Nc1cc(COc2ccc3cccnc3c2)ccc1Br. The maximum atomic E-state index is 5.85. The Morgan fingerprint density at radius 2 is 2.00 bits per heavy atom. The fourth-order valence-electron chi connectivity index (χ4n) is 1.99. The minimum Gasteiger partial charge on any atom is -0.489 e. The number of ether oxygens (including phenoxy) is 1. The van der Waals surface area contributed by atoms with Crippen LogP contribution in [0.1, 0.15) is 5.56 Å². The molecule has 0 amide bonds. The Kier molecular flexibility index (Phi) is 3.56. The summed E-state index contributed by atoms with van der Waals surface area (Å²) in [6.45, 7) is 0.482. The highest BCUT2D eigenvalue weighted by atomic mass is 79.9. The number of fused-ring (bicyclic) bond motifs is 1. The van der Waals surface area contributed by atoms with Gasteiger partial charge in [-0.3, -0.25) is 4.98 Å². The van der Waals surface area contributed by atoms with E-state index in [0.717, 1.165) is 26.7 Å². The van der Waals surface area contributed by atoms with Gasteiger partial charge in [0.1, 0.15) is 12.4 Å². The Bertz CT molecular complexity index is 758.